The first kappa shape index (κ1) is 26.7. The fourth-order valence-corrected chi connectivity index (χ4v) is 5.60. The van der Waals surface area contributed by atoms with Crippen molar-refractivity contribution in [2.24, 2.45) is 5.14 Å². The van der Waals surface area contributed by atoms with Gasteiger partial charge in [-0.05, 0) is 53.3 Å². The molecule has 5 aromatic rings. The number of primary sulfonamides is 1. The molecule has 3 aromatic carbocycles. The van der Waals surface area contributed by atoms with E-state index in [1.54, 1.807) is 23.5 Å². The van der Waals surface area contributed by atoms with Crippen LogP contribution in [0, 0.1) is 0 Å². The summed E-state index contributed by atoms with van der Waals surface area (Å²) in [5, 5.41) is 12.7. The quantitative estimate of drug-likeness (QED) is 0.197. The lowest BCUT2D eigenvalue weighted by atomic mass is 10.0. The van der Waals surface area contributed by atoms with Crippen molar-refractivity contribution in [3.63, 3.8) is 0 Å². The number of hydrogen-bond acceptors (Lipinski definition) is 8. The van der Waals surface area contributed by atoms with Gasteiger partial charge in [0.15, 0.2) is 5.13 Å². The van der Waals surface area contributed by atoms with Crippen LogP contribution in [0.5, 0.6) is 0 Å². The number of nitrogens with one attached hydrogen (secondary N) is 2. The van der Waals surface area contributed by atoms with Crippen molar-refractivity contribution in [3.05, 3.63) is 101 Å². The van der Waals surface area contributed by atoms with Crippen LogP contribution in [0.25, 0.3) is 10.2 Å². The molecule has 2 heterocycles. The van der Waals surface area contributed by atoms with Crippen LogP contribution in [0.15, 0.2) is 83.8 Å². The lowest BCUT2D eigenvalue weighted by Crippen LogP contribution is -2.12. The third-order valence-corrected chi connectivity index (χ3v) is 8.13. The summed E-state index contributed by atoms with van der Waals surface area (Å²) < 4.78 is 24.1. The van der Waals surface area contributed by atoms with Gasteiger partial charge in [0.1, 0.15) is 5.82 Å². The van der Waals surface area contributed by atoms with E-state index >= 15 is 0 Å². The second kappa shape index (κ2) is 11.5. The Bertz CT molecular complexity index is 1680. The molecular formula is C29H30N6O2S2. The maximum atomic E-state index is 11.5. The first-order valence-corrected chi connectivity index (χ1v) is 15.0. The topological polar surface area (TPSA) is 123 Å². The Hall–Kier alpha value is -3.86. The number of sulfonamides is 1. The molecule has 0 aliphatic heterocycles. The van der Waals surface area contributed by atoms with E-state index in [0.29, 0.717) is 37.1 Å². The number of aromatic nitrogens is 3. The van der Waals surface area contributed by atoms with Gasteiger partial charge in [-0.2, -0.15) is 4.98 Å². The third kappa shape index (κ3) is 6.97. The minimum Gasteiger partial charge on any atom is -0.354 e. The van der Waals surface area contributed by atoms with Gasteiger partial charge in [-0.3, -0.25) is 0 Å². The molecule has 0 saturated heterocycles. The Labute approximate surface area is 232 Å². The number of benzene rings is 3. The Morgan fingerprint density at radius 1 is 0.897 bits per heavy atom. The molecule has 8 nitrogen and oxygen atoms in total. The summed E-state index contributed by atoms with van der Waals surface area (Å²) in [5.41, 5.74) is 5.25. The van der Waals surface area contributed by atoms with Gasteiger partial charge in [-0.25, -0.2) is 23.5 Å². The fraction of sp³-hybridized carbons (Fsp3) is 0.207. The van der Waals surface area contributed by atoms with Gasteiger partial charge in [-0.15, -0.1) is 0 Å². The molecule has 2 aromatic heterocycles. The van der Waals surface area contributed by atoms with E-state index in [-0.39, 0.29) is 4.90 Å². The van der Waals surface area contributed by atoms with Crippen molar-refractivity contribution in [1.29, 1.82) is 0 Å². The van der Waals surface area contributed by atoms with Gasteiger partial charge >= 0.3 is 0 Å². The van der Waals surface area contributed by atoms with Gasteiger partial charge < -0.3 is 10.6 Å². The van der Waals surface area contributed by atoms with Crippen LogP contribution in [0.3, 0.4) is 0 Å². The Morgan fingerprint density at radius 3 is 2.38 bits per heavy atom. The molecule has 200 valence electrons. The molecular weight excluding hydrogens is 528 g/mol. The predicted octanol–water partition coefficient (Wildman–Crippen LogP) is 5.85. The molecule has 0 atom stereocenters. The Morgan fingerprint density at radius 2 is 1.67 bits per heavy atom. The smallest absolute Gasteiger partial charge is 0.238 e. The van der Waals surface area contributed by atoms with Crippen molar-refractivity contribution in [2.75, 3.05) is 17.2 Å². The molecule has 4 N–H and O–H groups in total. The summed E-state index contributed by atoms with van der Waals surface area (Å²) in [5.74, 6) is 1.63. The summed E-state index contributed by atoms with van der Waals surface area (Å²) in [7, 11) is -3.71. The highest BCUT2D eigenvalue weighted by atomic mass is 32.2. The van der Waals surface area contributed by atoms with Crippen LogP contribution >= 0.6 is 11.3 Å². The van der Waals surface area contributed by atoms with Gasteiger partial charge in [0.2, 0.25) is 16.0 Å². The molecule has 39 heavy (non-hydrogen) atoms. The van der Waals surface area contributed by atoms with E-state index in [4.69, 9.17) is 20.1 Å². The van der Waals surface area contributed by atoms with Gasteiger partial charge in [0.05, 0.1) is 20.8 Å². The maximum absolute atomic E-state index is 11.5. The standard InChI is InChI=1S/C29H30N6O2S2/c1-19(2)22-10-13-25-26(17-22)38-29(33-25)35-27-18-23(16-21-6-4-3-5-7-21)32-28(34-27)31-15-14-20-8-11-24(12-9-20)39(30,36)37/h3-13,17-19H,14-16H2,1-2H3,(H2,30,36,37)(H2,31,32,33,34,35). The van der Waals surface area contributed by atoms with E-state index in [0.717, 1.165) is 32.2 Å². The number of anilines is 3. The van der Waals surface area contributed by atoms with Gasteiger partial charge in [-0.1, -0.05) is 73.7 Å². The lowest BCUT2D eigenvalue weighted by molar-refractivity contribution is 0.598. The Balaban J connectivity index is 1.35. The van der Waals surface area contributed by atoms with Gasteiger partial charge in [0, 0.05) is 19.0 Å². The maximum Gasteiger partial charge on any atom is 0.238 e. The summed E-state index contributed by atoms with van der Waals surface area (Å²) in [6.45, 7) is 4.94. The average Bonchev–Trinajstić information content (AvgIpc) is 3.30. The summed E-state index contributed by atoms with van der Waals surface area (Å²) in [6, 6.07) is 25.1. The lowest BCUT2D eigenvalue weighted by Gasteiger charge is -2.11. The molecule has 0 saturated carbocycles. The number of rotatable bonds is 10. The van der Waals surface area contributed by atoms with Crippen LogP contribution in [-0.2, 0) is 22.9 Å². The van der Waals surface area contributed by atoms with Crippen LogP contribution in [-0.4, -0.2) is 29.9 Å². The van der Waals surface area contributed by atoms with Crippen molar-refractivity contribution >= 4 is 48.5 Å². The SMILES string of the molecule is CC(C)c1ccc2nc(Nc3cc(Cc4ccccc4)nc(NCCc4ccc(S(N)(=O)=O)cc4)n3)sc2c1. The Kier molecular flexibility index (Phi) is 7.87. The van der Waals surface area contributed by atoms with Crippen molar-refractivity contribution < 1.29 is 8.42 Å². The molecule has 0 radical (unpaired) electrons. The molecule has 0 amide bonds. The molecule has 0 unspecified atom stereocenters. The summed E-state index contributed by atoms with van der Waals surface area (Å²) >= 11 is 1.60. The molecule has 5 rings (SSSR count). The normalized spacial score (nSPS) is 11.7. The van der Waals surface area contributed by atoms with Crippen molar-refractivity contribution in [3.8, 4) is 0 Å². The van der Waals surface area contributed by atoms with Crippen LogP contribution < -0.4 is 15.8 Å². The number of thiazole rings is 1. The van der Waals surface area contributed by atoms with Crippen molar-refractivity contribution in [2.45, 2.75) is 37.5 Å². The highest BCUT2D eigenvalue weighted by molar-refractivity contribution is 7.89. The van der Waals surface area contributed by atoms with E-state index in [2.05, 4.69) is 54.8 Å². The van der Waals surface area contributed by atoms with E-state index in [1.807, 2.05) is 24.3 Å². The highest BCUT2D eigenvalue weighted by Gasteiger charge is 2.11. The second-order valence-electron chi connectivity index (χ2n) is 9.62. The zero-order chi connectivity index (χ0) is 27.4. The summed E-state index contributed by atoms with van der Waals surface area (Å²) in [4.78, 5) is 14.3. The highest BCUT2D eigenvalue weighted by Crippen LogP contribution is 2.31. The number of fused-ring (bicyclic) bond motifs is 1. The first-order valence-electron chi connectivity index (χ1n) is 12.7. The monoisotopic (exact) mass is 558 g/mol. The largest absolute Gasteiger partial charge is 0.354 e. The molecule has 0 aliphatic rings. The first-order chi connectivity index (χ1) is 18.7. The zero-order valence-corrected chi connectivity index (χ0v) is 23.4. The zero-order valence-electron chi connectivity index (χ0n) is 21.8. The minimum absolute atomic E-state index is 0.0992. The second-order valence-corrected chi connectivity index (χ2v) is 12.2. The predicted molar refractivity (Wildman–Crippen MR) is 158 cm³/mol. The number of nitrogens with zero attached hydrogens (tertiary/aromatic N) is 3. The van der Waals surface area contributed by atoms with Crippen LogP contribution in [0.1, 0.15) is 42.1 Å². The van der Waals surface area contributed by atoms with Gasteiger partial charge in [0.25, 0.3) is 0 Å². The average molecular weight is 559 g/mol. The number of nitrogens with two attached hydrogens (primary N) is 1. The van der Waals surface area contributed by atoms with E-state index in [1.165, 1.54) is 17.7 Å². The molecule has 10 heteroatoms. The minimum atomic E-state index is -3.71. The van der Waals surface area contributed by atoms with Crippen LogP contribution in [0.2, 0.25) is 0 Å². The fourth-order valence-electron chi connectivity index (χ4n) is 4.16. The van der Waals surface area contributed by atoms with E-state index < -0.39 is 10.0 Å². The van der Waals surface area contributed by atoms with E-state index in [9.17, 15) is 8.42 Å². The third-order valence-electron chi connectivity index (χ3n) is 6.27. The molecule has 0 spiro atoms. The number of hydrogen-bond donors (Lipinski definition) is 3. The molecule has 0 fully saturated rings. The molecule has 0 bridgehead atoms. The molecule has 0 aliphatic carbocycles. The summed E-state index contributed by atoms with van der Waals surface area (Å²) in [6.07, 6.45) is 1.33. The van der Waals surface area contributed by atoms with Crippen molar-refractivity contribution in [1.82, 2.24) is 15.0 Å². The van der Waals surface area contributed by atoms with Crippen LogP contribution in [0.4, 0.5) is 16.9 Å².